The molecule has 1 aromatic rings. The fourth-order valence-electron chi connectivity index (χ4n) is 1.89. The van der Waals surface area contributed by atoms with Gasteiger partial charge >= 0.3 is 0 Å². The summed E-state index contributed by atoms with van der Waals surface area (Å²) in [6, 6.07) is 6.14. The van der Waals surface area contributed by atoms with Crippen LogP contribution in [0.25, 0.3) is 0 Å². The molecule has 1 unspecified atom stereocenters. The van der Waals surface area contributed by atoms with E-state index in [1.807, 2.05) is 0 Å². The summed E-state index contributed by atoms with van der Waals surface area (Å²) in [5.41, 5.74) is 14.3. The van der Waals surface area contributed by atoms with Crippen molar-refractivity contribution in [3.05, 3.63) is 29.3 Å². The molecule has 3 heteroatoms. The molecule has 18 heavy (non-hydrogen) atoms. The summed E-state index contributed by atoms with van der Waals surface area (Å²) in [7, 11) is 1.69. The summed E-state index contributed by atoms with van der Waals surface area (Å²) in [6.07, 6.45) is 0. The maximum atomic E-state index is 6.33. The van der Waals surface area contributed by atoms with Gasteiger partial charge in [0.05, 0.1) is 7.11 Å². The predicted octanol–water partition coefficient (Wildman–Crippen LogP) is 2.80. The number of hydrogen-bond acceptors (Lipinski definition) is 3. The lowest BCUT2D eigenvalue weighted by Gasteiger charge is -2.31. The van der Waals surface area contributed by atoms with E-state index in [0.717, 1.165) is 11.3 Å². The van der Waals surface area contributed by atoms with Crippen molar-refractivity contribution in [1.82, 2.24) is 0 Å². The number of benzene rings is 1. The van der Waals surface area contributed by atoms with E-state index in [4.69, 9.17) is 16.2 Å². The van der Waals surface area contributed by atoms with Crippen LogP contribution >= 0.6 is 0 Å². The molecular weight excluding hydrogens is 224 g/mol. The first-order valence-electron chi connectivity index (χ1n) is 6.47. The smallest absolute Gasteiger partial charge is 0.123 e. The van der Waals surface area contributed by atoms with Crippen molar-refractivity contribution in [2.24, 2.45) is 16.9 Å². The minimum absolute atomic E-state index is 0.126. The SMILES string of the molecule is COc1cc(C(C)C)ccc1C(N)C(C)(C)CN. The van der Waals surface area contributed by atoms with E-state index < -0.39 is 0 Å². The minimum Gasteiger partial charge on any atom is -0.496 e. The molecule has 0 saturated heterocycles. The number of methoxy groups -OCH3 is 1. The van der Waals surface area contributed by atoms with Crippen LogP contribution in [0.15, 0.2) is 18.2 Å². The molecule has 0 amide bonds. The lowest BCUT2D eigenvalue weighted by Crippen LogP contribution is -2.36. The van der Waals surface area contributed by atoms with Gasteiger partial charge in [0.1, 0.15) is 5.75 Å². The van der Waals surface area contributed by atoms with Gasteiger partial charge in [-0.2, -0.15) is 0 Å². The van der Waals surface area contributed by atoms with Crippen LogP contribution in [0.1, 0.15) is 50.8 Å². The summed E-state index contributed by atoms with van der Waals surface area (Å²) in [5, 5.41) is 0. The largest absolute Gasteiger partial charge is 0.496 e. The standard InChI is InChI=1S/C15H26N2O/c1-10(2)11-6-7-12(13(8-11)18-5)14(17)15(3,4)9-16/h6-8,10,14H,9,16-17H2,1-5H3. The van der Waals surface area contributed by atoms with Crippen LogP contribution in [-0.2, 0) is 0 Å². The lowest BCUT2D eigenvalue weighted by atomic mass is 9.80. The second-order valence-electron chi connectivity index (χ2n) is 5.83. The van der Waals surface area contributed by atoms with Gasteiger partial charge in [0, 0.05) is 11.6 Å². The van der Waals surface area contributed by atoms with Crippen LogP contribution in [0, 0.1) is 5.41 Å². The molecule has 0 bridgehead atoms. The highest BCUT2D eigenvalue weighted by Gasteiger charge is 2.28. The van der Waals surface area contributed by atoms with Crippen LogP contribution in [0.4, 0.5) is 0 Å². The third-order valence-corrected chi connectivity index (χ3v) is 3.63. The quantitative estimate of drug-likeness (QED) is 0.844. The van der Waals surface area contributed by atoms with Crippen LogP contribution in [0.5, 0.6) is 5.75 Å². The Bertz CT molecular complexity index is 399. The fourth-order valence-corrected chi connectivity index (χ4v) is 1.89. The Balaban J connectivity index is 3.17. The monoisotopic (exact) mass is 250 g/mol. The van der Waals surface area contributed by atoms with E-state index in [2.05, 4.69) is 45.9 Å². The van der Waals surface area contributed by atoms with Crippen LogP contribution in [-0.4, -0.2) is 13.7 Å². The molecule has 1 aromatic carbocycles. The van der Waals surface area contributed by atoms with E-state index in [9.17, 15) is 0 Å². The van der Waals surface area contributed by atoms with Crippen molar-refractivity contribution in [3.8, 4) is 5.75 Å². The Morgan fingerprint density at radius 2 is 1.89 bits per heavy atom. The fraction of sp³-hybridized carbons (Fsp3) is 0.600. The molecule has 0 aromatic heterocycles. The molecule has 0 fully saturated rings. The predicted molar refractivity (Wildman–Crippen MR) is 76.8 cm³/mol. The van der Waals surface area contributed by atoms with Crippen LogP contribution in [0.3, 0.4) is 0 Å². The second-order valence-corrected chi connectivity index (χ2v) is 5.83. The van der Waals surface area contributed by atoms with Gasteiger partial charge < -0.3 is 16.2 Å². The second kappa shape index (κ2) is 5.72. The molecule has 1 atom stereocenters. The Labute approximate surface area is 111 Å². The van der Waals surface area contributed by atoms with Crippen molar-refractivity contribution in [2.45, 2.75) is 39.7 Å². The summed E-state index contributed by atoms with van der Waals surface area (Å²) in [5.74, 6) is 1.34. The van der Waals surface area contributed by atoms with Crippen molar-refractivity contribution in [2.75, 3.05) is 13.7 Å². The third kappa shape index (κ3) is 3.03. The first-order chi connectivity index (χ1) is 8.33. The first-order valence-corrected chi connectivity index (χ1v) is 6.47. The van der Waals surface area contributed by atoms with Crippen molar-refractivity contribution < 1.29 is 4.74 Å². The Morgan fingerprint density at radius 3 is 2.33 bits per heavy atom. The third-order valence-electron chi connectivity index (χ3n) is 3.63. The molecular formula is C15H26N2O. The lowest BCUT2D eigenvalue weighted by molar-refractivity contribution is 0.292. The van der Waals surface area contributed by atoms with Crippen LogP contribution < -0.4 is 16.2 Å². The van der Waals surface area contributed by atoms with Gasteiger partial charge in [0.15, 0.2) is 0 Å². The maximum Gasteiger partial charge on any atom is 0.123 e. The molecule has 0 radical (unpaired) electrons. The van der Waals surface area contributed by atoms with E-state index >= 15 is 0 Å². The van der Waals surface area contributed by atoms with Gasteiger partial charge in [-0.15, -0.1) is 0 Å². The van der Waals surface area contributed by atoms with Crippen LogP contribution in [0.2, 0.25) is 0 Å². The van der Waals surface area contributed by atoms with Gasteiger partial charge in [0.2, 0.25) is 0 Å². The molecule has 0 aliphatic rings. The van der Waals surface area contributed by atoms with Crippen molar-refractivity contribution in [1.29, 1.82) is 0 Å². The average Bonchev–Trinajstić information content (AvgIpc) is 2.36. The molecule has 0 spiro atoms. The number of hydrogen-bond donors (Lipinski definition) is 2. The van der Waals surface area contributed by atoms with Gasteiger partial charge in [-0.25, -0.2) is 0 Å². The Kier molecular flexibility index (Phi) is 4.77. The summed E-state index contributed by atoms with van der Waals surface area (Å²) >= 11 is 0. The van der Waals surface area contributed by atoms with E-state index in [1.54, 1.807) is 7.11 Å². The number of ether oxygens (including phenoxy) is 1. The highest BCUT2D eigenvalue weighted by molar-refractivity contribution is 5.41. The molecule has 4 N–H and O–H groups in total. The highest BCUT2D eigenvalue weighted by Crippen LogP contribution is 2.36. The normalized spacial score (nSPS) is 13.8. The summed E-state index contributed by atoms with van der Waals surface area (Å²) in [6.45, 7) is 9.03. The van der Waals surface area contributed by atoms with Gasteiger partial charge in [-0.1, -0.05) is 39.8 Å². The molecule has 102 valence electrons. The first kappa shape index (κ1) is 15.0. The molecule has 1 rings (SSSR count). The zero-order valence-electron chi connectivity index (χ0n) is 12.2. The Morgan fingerprint density at radius 1 is 1.28 bits per heavy atom. The summed E-state index contributed by atoms with van der Waals surface area (Å²) < 4.78 is 5.48. The van der Waals surface area contributed by atoms with Gasteiger partial charge in [-0.3, -0.25) is 0 Å². The van der Waals surface area contributed by atoms with E-state index in [1.165, 1.54) is 5.56 Å². The zero-order chi connectivity index (χ0) is 13.9. The van der Waals surface area contributed by atoms with Gasteiger partial charge in [0.25, 0.3) is 0 Å². The minimum atomic E-state index is -0.146. The topological polar surface area (TPSA) is 61.3 Å². The van der Waals surface area contributed by atoms with Crippen molar-refractivity contribution >= 4 is 0 Å². The number of nitrogens with two attached hydrogens (primary N) is 2. The molecule has 0 heterocycles. The van der Waals surface area contributed by atoms with Crippen molar-refractivity contribution in [3.63, 3.8) is 0 Å². The highest BCUT2D eigenvalue weighted by atomic mass is 16.5. The molecule has 0 aliphatic carbocycles. The molecule has 0 saturated carbocycles. The molecule has 0 aliphatic heterocycles. The molecule has 3 nitrogen and oxygen atoms in total. The zero-order valence-corrected chi connectivity index (χ0v) is 12.2. The van der Waals surface area contributed by atoms with E-state index in [0.29, 0.717) is 12.5 Å². The average molecular weight is 250 g/mol. The number of rotatable bonds is 5. The maximum absolute atomic E-state index is 6.33. The van der Waals surface area contributed by atoms with E-state index in [-0.39, 0.29) is 11.5 Å². The summed E-state index contributed by atoms with van der Waals surface area (Å²) in [4.78, 5) is 0. The Hall–Kier alpha value is -1.06. The van der Waals surface area contributed by atoms with Gasteiger partial charge in [-0.05, 0) is 29.5 Å².